The van der Waals surface area contributed by atoms with Gasteiger partial charge in [0.25, 0.3) is 0 Å². The minimum absolute atomic E-state index is 0.880. The second-order valence-electron chi connectivity index (χ2n) is 4.90. The molecule has 0 aromatic heterocycles. The molecule has 0 radical (unpaired) electrons. The van der Waals surface area contributed by atoms with Gasteiger partial charge in [-0.05, 0) is 45.4 Å². The first kappa shape index (κ1) is 12.3. The van der Waals surface area contributed by atoms with Crippen LogP contribution in [-0.4, -0.2) is 0 Å². The van der Waals surface area contributed by atoms with Gasteiger partial charge in [0.1, 0.15) is 0 Å². The summed E-state index contributed by atoms with van der Waals surface area (Å²) in [6.07, 6.45) is 15.6. The van der Waals surface area contributed by atoms with Crippen molar-refractivity contribution in [3.05, 3.63) is 35.5 Å². The highest BCUT2D eigenvalue weighted by molar-refractivity contribution is 5.22. The van der Waals surface area contributed by atoms with Gasteiger partial charge >= 0.3 is 0 Å². The zero-order valence-electron chi connectivity index (χ0n) is 10.4. The molecule has 0 heteroatoms. The minimum atomic E-state index is 0.880. The Morgan fingerprint density at radius 3 is 2.80 bits per heavy atom. The number of hydrogen-bond acceptors (Lipinski definition) is 0. The highest BCUT2D eigenvalue weighted by atomic mass is 14.1. The average Bonchev–Trinajstić information content (AvgIpc) is 2.16. The second-order valence-corrected chi connectivity index (χ2v) is 4.90. The van der Waals surface area contributed by atoms with Gasteiger partial charge in [-0.1, -0.05) is 48.8 Å². The van der Waals surface area contributed by atoms with E-state index in [1.807, 2.05) is 0 Å². The minimum Gasteiger partial charge on any atom is -0.0816 e. The molecule has 1 aliphatic rings. The summed E-state index contributed by atoms with van der Waals surface area (Å²) >= 11 is 0. The van der Waals surface area contributed by atoms with E-state index >= 15 is 0 Å². The molecule has 0 aromatic carbocycles. The molecule has 0 fully saturated rings. The van der Waals surface area contributed by atoms with E-state index in [1.54, 1.807) is 0 Å². The second kappa shape index (κ2) is 6.66. The number of allylic oxidation sites excluding steroid dienone is 6. The molecule has 0 nitrogen and oxygen atoms in total. The molecular weight excluding hydrogens is 180 g/mol. The number of rotatable bonds is 0. The van der Waals surface area contributed by atoms with Crippen LogP contribution in [0.15, 0.2) is 35.5 Å². The third kappa shape index (κ3) is 5.61. The first-order chi connectivity index (χ1) is 7.18. The molecule has 0 saturated carbocycles. The van der Waals surface area contributed by atoms with E-state index < -0.39 is 0 Å². The summed E-state index contributed by atoms with van der Waals surface area (Å²) in [6, 6.07) is 0. The lowest BCUT2D eigenvalue weighted by atomic mass is 9.96. The molecule has 1 atom stereocenters. The zero-order chi connectivity index (χ0) is 11.1. The first-order valence-electron chi connectivity index (χ1n) is 6.19. The van der Waals surface area contributed by atoms with Gasteiger partial charge in [-0.15, -0.1) is 0 Å². The van der Waals surface area contributed by atoms with Crippen LogP contribution in [0.3, 0.4) is 0 Å². The predicted molar refractivity (Wildman–Crippen MR) is 68.9 cm³/mol. The van der Waals surface area contributed by atoms with E-state index in [9.17, 15) is 0 Å². The molecule has 0 aliphatic heterocycles. The van der Waals surface area contributed by atoms with Gasteiger partial charge in [0.05, 0.1) is 0 Å². The molecule has 1 aliphatic carbocycles. The van der Waals surface area contributed by atoms with Crippen molar-refractivity contribution in [1.82, 2.24) is 0 Å². The standard InChI is InChI=1S/C15H24/c1-13-7-4-9-14(2)11-6-12-15(3)10-5-8-13/h4,7-9,15H,5-6,10-12H2,1-3H3/b7-4-,13-8+,14-9+. The molecule has 0 saturated heterocycles. The number of hydrogen-bond donors (Lipinski definition) is 0. The van der Waals surface area contributed by atoms with Gasteiger partial charge in [-0.3, -0.25) is 0 Å². The van der Waals surface area contributed by atoms with Crippen molar-refractivity contribution in [2.45, 2.75) is 52.9 Å². The SMILES string of the molecule is CC1=C\CCC(C)CCC/C(C)=C/C=C\1. The Hall–Kier alpha value is -0.780. The molecule has 0 spiro atoms. The Morgan fingerprint density at radius 1 is 1.20 bits per heavy atom. The fourth-order valence-electron chi connectivity index (χ4n) is 1.98. The highest BCUT2D eigenvalue weighted by Gasteiger charge is 2.01. The zero-order valence-corrected chi connectivity index (χ0v) is 10.4. The van der Waals surface area contributed by atoms with Crippen LogP contribution >= 0.6 is 0 Å². The van der Waals surface area contributed by atoms with E-state index in [-0.39, 0.29) is 0 Å². The van der Waals surface area contributed by atoms with Crippen molar-refractivity contribution < 1.29 is 0 Å². The molecule has 0 heterocycles. The van der Waals surface area contributed by atoms with Crippen molar-refractivity contribution in [3.63, 3.8) is 0 Å². The molecule has 0 aromatic rings. The Kier molecular flexibility index (Phi) is 5.45. The van der Waals surface area contributed by atoms with Crippen LogP contribution < -0.4 is 0 Å². The Morgan fingerprint density at radius 2 is 2.00 bits per heavy atom. The normalized spacial score (nSPS) is 33.9. The largest absolute Gasteiger partial charge is 0.0816 e. The van der Waals surface area contributed by atoms with Gasteiger partial charge in [-0.2, -0.15) is 0 Å². The molecule has 1 rings (SSSR count). The summed E-state index contributed by atoms with van der Waals surface area (Å²) in [4.78, 5) is 0. The van der Waals surface area contributed by atoms with E-state index in [2.05, 4.69) is 45.1 Å². The molecule has 84 valence electrons. The maximum Gasteiger partial charge on any atom is -0.0320 e. The Balaban J connectivity index is 2.64. The molecule has 0 N–H and O–H groups in total. The van der Waals surface area contributed by atoms with Crippen molar-refractivity contribution in [2.75, 3.05) is 0 Å². The summed E-state index contributed by atoms with van der Waals surface area (Å²) in [5.74, 6) is 0.880. The third-order valence-electron chi connectivity index (χ3n) is 3.13. The van der Waals surface area contributed by atoms with Crippen LogP contribution in [0.5, 0.6) is 0 Å². The van der Waals surface area contributed by atoms with Gasteiger partial charge in [0.2, 0.25) is 0 Å². The monoisotopic (exact) mass is 204 g/mol. The topological polar surface area (TPSA) is 0 Å². The molecule has 15 heavy (non-hydrogen) atoms. The lowest BCUT2D eigenvalue weighted by Gasteiger charge is -2.10. The van der Waals surface area contributed by atoms with E-state index in [0.717, 1.165) is 5.92 Å². The van der Waals surface area contributed by atoms with Gasteiger partial charge in [0, 0.05) is 0 Å². The van der Waals surface area contributed by atoms with Crippen LogP contribution in [0.4, 0.5) is 0 Å². The first-order valence-corrected chi connectivity index (χ1v) is 6.19. The van der Waals surface area contributed by atoms with Crippen LogP contribution in [0.1, 0.15) is 52.9 Å². The van der Waals surface area contributed by atoms with Gasteiger partial charge in [0.15, 0.2) is 0 Å². The summed E-state index contributed by atoms with van der Waals surface area (Å²) in [6.45, 7) is 6.81. The summed E-state index contributed by atoms with van der Waals surface area (Å²) in [7, 11) is 0. The molecule has 0 bridgehead atoms. The van der Waals surface area contributed by atoms with Crippen molar-refractivity contribution in [1.29, 1.82) is 0 Å². The van der Waals surface area contributed by atoms with Crippen LogP contribution in [-0.2, 0) is 0 Å². The molecule has 1 unspecified atom stereocenters. The van der Waals surface area contributed by atoms with Gasteiger partial charge < -0.3 is 0 Å². The maximum atomic E-state index is 2.38. The maximum absolute atomic E-state index is 2.38. The molecular formula is C15H24. The Labute approximate surface area is 94.8 Å². The smallest absolute Gasteiger partial charge is 0.0320 e. The summed E-state index contributed by atoms with van der Waals surface area (Å²) in [5.41, 5.74) is 2.90. The lowest BCUT2D eigenvalue weighted by molar-refractivity contribution is 0.478. The van der Waals surface area contributed by atoms with Crippen molar-refractivity contribution in [2.24, 2.45) is 5.92 Å². The molecule has 0 amide bonds. The quantitative estimate of drug-likeness (QED) is 0.519. The fourth-order valence-corrected chi connectivity index (χ4v) is 1.98. The lowest BCUT2D eigenvalue weighted by Crippen LogP contribution is -1.94. The Bertz CT molecular complexity index is 266. The van der Waals surface area contributed by atoms with Crippen molar-refractivity contribution in [3.8, 4) is 0 Å². The van der Waals surface area contributed by atoms with Crippen molar-refractivity contribution >= 4 is 0 Å². The highest BCUT2D eigenvalue weighted by Crippen LogP contribution is 2.18. The third-order valence-corrected chi connectivity index (χ3v) is 3.13. The van der Waals surface area contributed by atoms with E-state index in [1.165, 1.54) is 43.3 Å². The van der Waals surface area contributed by atoms with E-state index in [4.69, 9.17) is 0 Å². The predicted octanol–water partition coefficient (Wildman–Crippen LogP) is 5.04. The summed E-state index contributed by atoms with van der Waals surface area (Å²) < 4.78 is 0. The van der Waals surface area contributed by atoms with Crippen LogP contribution in [0, 0.1) is 5.92 Å². The van der Waals surface area contributed by atoms with E-state index in [0.29, 0.717) is 0 Å². The van der Waals surface area contributed by atoms with Crippen LogP contribution in [0.25, 0.3) is 0 Å². The average molecular weight is 204 g/mol. The van der Waals surface area contributed by atoms with Crippen LogP contribution in [0.2, 0.25) is 0 Å². The fraction of sp³-hybridized carbons (Fsp3) is 0.600. The summed E-state index contributed by atoms with van der Waals surface area (Å²) in [5, 5.41) is 0. The van der Waals surface area contributed by atoms with Gasteiger partial charge in [-0.25, -0.2) is 0 Å².